The summed E-state index contributed by atoms with van der Waals surface area (Å²) in [6.45, 7) is 0. The quantitative estimate of drug-likeness (QED) is 0.454. The minimum Gasteiger partial charge on any atom is -0.434 e. The van der Waals surface area contributed by atoms with Gasteiger partial charge < -0.3 is 4.74 Å². The summed E-state index contributed by atoms with van der Waals surface area (Å²) in [7, 11) is 0. The molecule has 6 heteroatoms. The molecule has 0 radical (unpaired) electrons. The van der Waals surface area contributed by atoms with Crippen molar-refractivity contribution >= 4 is 21.4 Å². The second-order valence-corrected chi connectivity index (χ2v) is 6.43. The predicted octanol–water partition coefficient (Wildman–Crippen LogP) is 5.91. The van der Waals surface area contributed by atoms with Gasteiger partial charge in [-0.3, -0.25) is 0 Å². The molecule has 2 heterocycles. The highest BCUT2D eigenvalue weighted by Crippen LogP contribution is 2.36. The van der Waals surface area contributed by atoms with E-state index in [0.717, 1.165) is 21.7 Å². The molecule has 0 aliphatic heterocycles. The third-order valence-corrected chi connectivity index (χ3v) is 4.73. The van der Waals surface area contributed by atoms with Crippen LogP contribution in [0.3, 0.4) is 0 Å². The first kappa shape index (κ1) is 16.2. The van der Waals surface area contributed by atoms with Crippen LogP contribution in [-0.4, -0.2) is 4.98 Å². The number of hydrogen-bond acceptors (Lipinski definition) is 4. The molecule has 0 aliphatic rings. The molecule has 0 amide bonds. The molecule has 0 saturated heterocycles. The first-order chi connectivity index (χ1) is 12.6. The summed E-state index contributed by atoms with van der Waals surface area (Å²) < 4.78 is 33.8. The average molecular weight is 364 g/mol. The van der Waals surface area contributed by atoms with E-state index in [-0.39, 0.29) is 23.0 Å². The fourth-order valence-electron chi connectivity index (χ4n) is 2.54. The lowest BCUT2D eigenvalue weighted by atomic mass is 10.1. The Kier molecular flexibility index (Phi) is 4.07. The highest BCUT2D eigenvalue weighted by molar-refractivity contribution is 7.17. The van der Waals surface area contributed by atoms with Gasteiger partial charge in [-0.1, -0.05) is 0 Å². The average Bonchev–Trinajstić information content (AvgIpc) is 3.13. The Hall–Kier alpha value is -3.30. The zero-order chi connectivity index (χ0) is 18.1. The van der Waals surface area contributed by atoms with Crippen molar-refractivity contribution in [1.82, 2.24) is 4.98 Å². The third-order valence-electron chi connectivity index (χ3n) is 3.81. The van der Waals surface area contributed by atoms with Gasteiger partial charge in [-0.2, -0.15) is 5.26 Å². The third kappa shape index (κ3) is 3.01. The van der Waals surface area contributed by atoms with Crippen LogP contribution >= 0.6 is 11.3 Å². The van der Waals surface area contributed by atoms with E-state index in [0.29, 0.717) is 5.69 Å². The summed E-state index contributed by atoms with van der Waals surface area (Å²) in [5, 5.41) is 11.6. The van der Waals surface area contributed by atoms with Crippen molar-refractivity contribution in [3.8, 4) is 29.0 Å². The molecule has 0 saturated carbocycles. The van der Waals surface area contributed by atoms with Gasteiger partial charge in [-0.15, -0.1) is 11.3 Å². The lowest BCUT2D eigenvalue weighted by Gasteiger charge is -2.09. The Morgan fingerprint density at radius 1 is 1.00 bits per heavy atom. The molecular weight excluding hydrogens is 354 g/mol. The van der Waals surface area contributed by atoms with E-state index in [9.17, 15) is 8.78 Å². The number of rotatable bonds is 3. The monoisotopic (exact) mass is 364 g/mol. The molecule has 4 rings (SSSR count). The van der Waals surface area contributed by atoms with Gasteiger partial charge in [0.15, 0.2) is 11.6 Å². The lowest BCUT2D eigenvalue weighted by Crippen LogP contribution is -1.94. The SMILES string of the molecule is N#Cc1ccc(Oc2nc(-c3ccc(F)cc3)cc3ccsc23)c(F)c1. The van der Waals surface area contributed by atoms with Gasteiger partial charge in [-0.25, -0.2) is 13.8 Å². The van der Waals surface area contributed by atoms with E-state index in [4.69, 9.17) is 10.00 Å². The second-order valence-electron chi connectivity index (χ2n) is 5.52. The van der Waals surface area contributed by atoms with Crippen molar-refractivity contribution in [3.05, 3.63) is 77.2 Å². The number of fused-ring (bicyclic) bond motifs is 1. The summed E-state index contributed by atoms with van der Waals surface area (Å²) in [4.78, 5) is 4.49. The number of pyridine rings is 1. The van der Waals surface area contributed by atoms with Crippen LogP contribution in [0.15, 0.2) is 60.0 Å². The second kappa shape index (κ2) is 6.54. The Bertz CT molecular complexity index is 1150. The fraction of sp³-hybridized carbons (Fsp3) is 0. The minimum absolute atomic E-state index is 0.0116. The first-order valence-electron chi connectivity index (χ1n) is 7.66. The molecule has 0 unspecified atom stereocenters. The van der Waals surface area contributed by atoms with Gasteiger partial charge in [0, 0.05) is 10.9 Å². The highest BCUT2D eigenvalue weighted by atomic mass is 32.1. The molecule has 0 N–H and O–H groups in total. The largest absolute Gasteiger partial charge is 0.434 e. The van der Waals surface area contributed by atoms with Crippen LogP contribution in [0.5, 0.6) is 11.6 Å². The molecule has 26 heavy (non-hydrogen) atoms. The normalized spacial score (nSPS) is 10.7. The maximum atomic E-state index is 14.2. The number of halogens is 2. The highest BCUT2D eigenvalue weighted by Gasteiger charge is 2.14. The predicted molar refractivity (Wildman–Crippen MR) is 96.2 cm³/mol. The summed E-state index contributed by atoms with van der Waals surface area (Å²) in [6.07, 6.45) is 0. The fourth-order valence-corrected chi connectivity index (χ4v) is 3.34. The number of thiophene rings is 1. The van der Waals surface area contributed by atoms with Gasteiger partial charge in [0.25, 0.3) is 0 Å². The van der Waals surface area contributed by atoms with Crippen LogP contribution in [-0.2, 0) is 0 Å². The van der Waals surface area contributed by atoms with E-state index < -0.39 is 5.82 Å². The topological polar surface area (TPSA) is 45.9 Å². The number of aromatic nitrogens is 1. The Morgan fingerprint density at radius 2 is 1.81 bits per heavy atom. The molecule has 3 nitrogen and oxygen atoms in total. The number of nitriles is 1. The molecule has 2 aromatic carbocycles. The summed E-state index contributed by atoms with van der Waals surface area (Å²) in [5.41, 5.74) is 1.54. The lowest BCUT2D eigenvalue weighted by molar-refractivity contribution is 0.433. The Labute approximate surface area is 151 Å². The van der Waals surface area contributed by atoms with Gasteiger partial charge in [0.2, 0.25) is 5.88 Å². The zero-order valence-corrected chi connectivity index (χ0v) is 14.1. The van der Waals surface area contributed by atoms with Crippen molar-refractivity contribution < 1.29 is 13.5 Å². The maximum Gasteiger partial charge on any atom is 0.238 e. The number of nitrogens with zero attached hydrogens (tertiary/aromatic N) is 2. The van der Waals surface area contributed by atoms with Crippen LogP contribution in [0.25, 0.3) is 21.3 Å². The van der Waals surface area contributed by atoms with Gasteiger partial charge in [0.1, 0.15) is 5.82 Å². The molecule has 0 fully saturated rings. The standard InChI is InChI=1S/C20H10F2N2OS/c21-15-4-2-13(3-5-15)17-10-14-7-8-26-19(14)20(24-17)25-18-6-1-12(11-23)9-16(18)22/h1-10H. The van der Waals surface area contributed by atoms with Crippen LogP contribution in [0.2, 0.25) is 0 Å². The minimum atomic E-state index is -0.636. The van der Waals surface area contributed by atoms with Crippen LogP contribution < -0.4 is 4.74 Å². The zero-order valence-electron chi connectivity index (χ0n) is 13.2. The summed E-state index contributed by atoms with van der Waals surface area (Å²) in [6, 6.07) is 15.6. The van der Waals surface area contributed by atoms with Crippen molar-refractivity contribution in [2.75, 3.05) is 0 Å². The van der Waals surface area contributed by atoms with Crippen LogP contribution in [0.1, 0.15) is 5.56 Å². The molecule has 126 valence electrons. The van der Waals surface area contributed by atoms with E-state index in [1.165, 1.54) is 35.6 Å². The molecule has 0 bridgehead atoms. The molecule has 4 aromatic rings. The smallest absolute Gasteiger partial charge is 0.238 e. The Balaban J connectivity index is 1.80. The molecule has 0 aliphatic carbocycles. The summed E-state index contributed by atoms with van der Waals surface area (Å²) in [5.74, 6) is -0.716. The van der Waals surface area contributed by atoms with E-state index in [1.807, 2.05) is 23.6 Å². The van der Waals surface area contributed by atoms with E-state index >= 15 is 0 Å². The van der Waals surface area contributed by atoms with Gasteiger partial charge in [0.05, 0.1) is 22.0 Å². The van der Waals surface area contributed by atoms with Crippen LogP contribution in [0.4, 0.5) is 8.78 Å². The number of benzene rings is 2. The maximum absolute atomic E-state index is 14.2. The summed E-state index contributed by atoms with van der Waals surface area (Å²) >= 11 is 1.43. The number of ether oxygens (including phenoxy) is 1. The van der Waals surface area contributed by atoms with Crippen molar-refractivity contribution in [2.45, 2.75) is 0 Å². The first-order valence-corrected chi connectivity index (χ1v) is 8.54. The van der Waals surface area contributed by atoms with Crippen LogP contribution in [0, 0.1) is 23.0 Å². The molecule has 0 spiro atoms. The van der Waals surface area contributed by atoms with Crippen molar-refractivity contribution in [3.63, 3.8) is 0 Å². The van der Waals surface area contributed by atoms with Crippen molar-refractivity contribution in [1.29, 1.82) is 5.26 Å². The van der Waals surface area contributed by atoms with Gasteiger partial charge >= 0.3 is 0 Å². The Morgan fingerprint density at radius 3 is 2.54 bits per heavy atom. The molecule has 2 aromatic heterocycles. The molecular formula is C20H10F2N2OS. The number of hydrogen-bond donors (Lipinski definition) is 0. The molecule has 0 atom stereocenters. The van der Waals surface area contributed by atoms with E-state index in [2.05, 4.69) is 4.98 Å². The van der Waals surface area contributed by atoms with E-state index in [1.54, 1.807) is 12.1 Å². The van der Waals surface area contributed by atoms with Crippen molar-refractivity contribution in [2.24, 2.45) is 0 Å². The van der Waals surface area contributed by atoms with Gasteiger partial charge in [-0.05, 0) is 60.0 Å².